The summed E-state index contributed by atoms with van der Waals surface area (Å²) in [5.74, 6) is 0.710. The minimum Gasteiger partial charge on any atom is -0.372 e. The molecule has 2 heterocycles. The van der Waals surface area contributed by atoms with Gasteiger partial charge in [-0.15, -0.1) is 0 Å². The molecule has 0 aliphatic carbocycles. The maximum absolute atomic E-state index is 11.9. The molecule has 1 saturated heterocycles. The lowest BCUT2D eigenvalue weighted by Crippen LogP contribution is -2.43. The van der Waals surface area contributed by atoms with Gasteiger partial charge in [0.25, 0.3) is 0 Å². The number of hydrogen-bond acceptors (Lipinski definition) is 6. The van der Waals surface area contributed by atoms with Crippen LogP contribution in [0.25, 0.3) is 0 Å². The highest BCUT2D eigenvalue weighted by Crippen LogP contribution is 2.26. The fourth-order valence-electron chi connectivity index (χ4n) is 2.00. The first kappa shape index (κ1) is 14.2. The van der Waals surface area contributed by atoms with Crippen LogP contribution in [0.2, 0.25) is 0 Å². The second kappa shape index (κ2) is 5.81. The minimum atomic E-state index is -3.20. The van der Waals surface area contributed by atoms with Gasteiger partial charge in [-0.2, -0.15) is 4.31 Å². The molecular formula is C11H18N4O3S. The van der Waals surface area contributed by atoms with Crippen LogP contribution in [0.15, 0.2) is 12.4 Å². The van der Waals surface area contributed by atoms with Crippen molar-refractivity contribution in [2.45, 2.75) is 13.0 Å². The topological polar surface area (TPSA) is 84.4 Å². The summed E-state index contributed by atoms with van der Waals surface area (Å²) in [4.78, 5) is 8.40. The number of anilines is 1. The molecule has 7 nitrogen and oxygen atoms in total. The standard InChI is InChI=1S/C11H18N4O3S/c1-3-19(16,17)15-6-7-18-9(8-15)10-11(12-2)14-5-4-13-10/h4-5,9H,3,6-8H2,1-2H3,(H,12,14). The average molecular weight is 286 g/mol. The van der Waals surface area contributed by atoms with E-state index in [1.165, 1.54) is 4.31 Å². The molecule has 1 atom stereocenters. The molecular weight excluding hydrogens is 268 g/mol. The van der Waals surface area contributed by atoms with Gasteiger partial charge in [-0.25, -0.2) is 13.4 Å². The summed E-state index contributed by atoms with van der Waals surface area (Å²) < 4.78 is 30.9. The number of hydrogen-bond donors (Lipinski definition) is 1. The van der Waals surface area contributed by atoms with E-state index in [9.17, 15) is 8.42 Å². The molecule has 0 aromatic carbocycles. The van der Waals surface area contributed by atoms with E-state index in [2.05, 4.69) is 15.3 Å². The number of nitrogens with one attached hydrogen (secondary N) is 1. The van der Waals surface area contributed by atoms with Gasteiger partial charge >= 0.3 is 0 Å². The van der Waals surface area contributed by atoms with Gasteiger partial charge in [-0.05, 0) is 6.92 Å². The number of morpholine rings is 1. The van der Waals surface area contributed by atoms with Crippen molar-refractivity contribution in [1.29, 1.82) is 0 Å². The van der Waals surface area contributed by atoms with Crippen LogP contribution < -0.4 is 5.32 Å². The van der Waals surface area contributed by atoms with Crippen LogP contribution >= 0.6 is 0 Å². The van der Waals surface area contributed by atoms with Crippen LogP contribution in [0, 0.1) is 0 Å². The van der Waals surface area contributed by atoms with Crippen LogP contribution in [-0.4, -0.2) is 55.2 Å². The van der Waals surface area contributed by atoms with E-state index in [0.717, 1.165) is 0 Å². The van der Waals surface area contributed by atoms with Crippen LogP contribution in [0.4, 0.5) is 5.82 Å². The Kier molecular flexibility index (Phi) is 4.33. The van der Waals surface area contributed by atoms with Crippen LogP contribution in [-0.2, 0) is 14.8 Å². The zero-order valence-corrected chi connectivity index (χ0v) is 11.9. The maximum atomic E-state index is 11.9. The SMILES string of the molecule is CCS(=O)(=O)N1CCOC(c2nccnc2NC)C1. The maximum Gasteiger partial charge on any atom is 0.214 e. The van der Waals surface area contributed by atoms with Gasteiger partial charge < -0.3 is 10.1 Å². The summed E-state index contributed by atoms with van der Waals surface area (Å²) >= 11 is 0. The predicted octanol–water partition coefficient (Wildman–Crippen LogP) is 0.241. The van der Waals surface area contributed by atoms with Gasteiger partial charge in [-0.3, -0.25) is 4.98 Å². The van der Waals surface area contributed by atoms with Crippen LogP contribution in [0.3, 0.4) is 0 Å². The van der Waals surface area contributed by atoms with Crippen molar-refractivity contribution in [1.82, 2.24) is 14.3 Å². The normalized spacial score (nSPS) is 21.3. The highest BCUT2D eigenvalue weighted by atomic mass is 32.2. The van der Waals surface area contributed by atoms with Crippen molar-refractivity contribution in [3.05, 3.63) is 18.1 Å². The van der Waals surface area contributed by atoms with Crippen molar-refractivity contribution in [2.24, 2.45) is 0 Å². The van der Waals surface area contributed by atoms with Crippen molar-refractivity contribution in [3.8, 4) is 0 Å². The van der Waals surface area contributed by atoms with Gasteiger partial charge in [0, 0.05) is 32.5 Å². The van der Waals surface area contributed by atoms with Crippen LogP contribution in [0.1, 0.15) is 18.7 Å². The molecule has 1 aromatic heterocycles. The number of nitrogens with zero attached hydrogens (tertiary/aromatic N) is 3. The molecule has 1 aliphatic rings. The lowest BCUT2D eigenvalue weighted by molar-refractivity contribution is -0.00463. The van der Waals surface area contributed by atoms with E-state index in [-0.39, 0.29) is 18.4 Å². The van der Waals surface area contributed by atoms with Gasteiger partial charge in [0.2, 0.25) is 10.0 Å². The summed E-state index contributed by atoms with van der Waals surface area (Å²) in [6.07, 6.45) is 2.78. The van der Waals surface area contributed by atoms with Gasteiger partial charge in [0.05, 0.1) is 12.4 Å². The molecule has 0 amide bonds. The molecule has 1 aromatic rings. The summed E-state index contributed by atoms with van der Waals surface area (Å²) in [5.41, 5.74) is 0.640. The number of aromatic nitrogens is 2. The highest BCUT2D eigenvalue weighted by Gasteiger charge is 2.31. The molecule has 1 unspecified atom stereocenters. The summed E-state index contributed by atoms with van der Waals surface area (Å²) in [6.45, 7) is 2.68. The molecule has 1 aliphatic heterocycles. The summed E-state index contributed by atoms with van der Waals surface area (Å²) in [5, 5.41) is 2.94. The molecule has 1 N–H and O–H groups in total. The fraction of sp³-hybridized carbons (Fsp3) is 0.636. The Morgan fingerprint density at radius 2 is 2.21 bits per heavy atom. The number of rotatable bonds is 4. The molecule has 0 radical (unpaired) electrons. The Bertz CT molecular complexity index is 534. The number of sulfonamides is 1. The second-order valence-corrected chi connectivity index (χ2v) is 6.42. The Balaban J connectivity index is 2.22. The van der Waals surface area contributed by atoms with E-state index >= 15 is 0 Å². The Morgan fingerprint density at radius 1 is 1.47 bits per heavy atom. The molecule has 0 bridgehead atoms. The average Bonchev–Trinajstić information content (AvgIpc) is 2.47. The van der Waals surface area contributed by atoms with Crippen molar-refractivity contribution in [2.75, 3.05) is 37.8 Å². The fourth-order valence-corrected chi connectivity index (χ4v) is 3.08. The lowest BCUT2D eigenvalue weighted by atomic mass is 10.2. The van der Waals surface area contributed by atoms with E-state index in [1.54, 1.807) is 26.4 Å². The first-order chi connectivity index (χ1) is 9.08. The first-order valence-corrected chi connectivity index (χ1v) is 7.77. The molecule has 1 fully saturated rings. The van der Waals surface area contributed by atoms with E-state index in [4.69, 9.17) is 4.74 Å². The quantitative estimate of drug-likeness (QED) is 0.853. The zero-order chi connectivity index (χ0) is 13.9. The van der Waals surface area contributed by atoms with Gasteiger partial charge in [0.1, 0.15) is 17.6 Å². The van der Waals surface area contributed by atoms with Crippen LogP contribution in [0.5, 0.6) is 0 Å². The molecule has 106 valence electrons. The Hall–Kier alpha value is -1.25. The predicted molar refractivity (Wildman–Crippen MR) is 71.3 cm³/mol. The third kappa shape index (κ3) is 3.02. The summed E-state index contributed by atoms with van der Waals surface area (Å²) in [6, 6.07) is 0. The monoisotopic (exact) mass is 286 g/mol. The second-order valence-electron chi connectivity index (χ2n) is 4.16. The minimum absolute atomic E-state index is 0.0963. The van der Waals surface area contributed by atoms with Crippen molar-refractivity contribution >= 4 is 15.8 Å². The molecule has 2 rings (SSSR count). The van der Waals surface area contributed by atoms with Crippen molar-refractivity contribution in [3.63, 3.8) is 0 Å². The van der Waals surface area contributed by atoms with Gasteiger partial charge in [0.15, 0.2) is 0 Å². The summed E-state index contributed by atoms with van der Waals surface area (Å²) in [7, 11) is -1.45. The largest absolute Gasteiger partial charge is 0.372 e. The lowest BCUT2D eigenvalue weighted by Gasteiger charge is -2.31. The van der Waals surface area contributed by atoms with E-state index in [1.807, 2.05) is 0 Å². The highest BCUT2D eigenvalue weighted by molar-refractivity contribution is 7.89. The third-order valence-electron chi connectivity index (χ3n) is 3.06. The smallest absolute Gasteiger partial charge is 0.214 e. The molecule has 0 spiro atoms. The molecule has 0 saturated carbocycles. The zero-order valence-electron chi connectivity index (χ0n) is 11.0. The Labute approximate surface area is 113 Å². The van der Waals surface area contributed by atoms with E-state index in [0.29, 0.717) is 24.7 Å². The van der Waals surface area contributed by atoms with E-state index < -0.39 is 10.0 Å². The van der Waals surface area contributed by atoms with Gasteiger partial charge in [-0.1, -0.05) is 0 Å². The van der Waals surface area contributed by atoms with Crippen molar-refractivity contribution < 1.29 is 13.2 Å². The Morgan fingerprint density at radius 3 is 2.89 bits per heavy atom. The first-order valence-electron chi connectivity index (χ1n) is 6.16. The molecule has 19 heavy (non-hydrogen) atoms. The molecule has 8 heteroatoms. The third-order valence-corrected chi connectivity index (χ3v) is 4.90. The number of ether oxygens (including phenoxy) is 1.